The Morgan fingerprint density at radius 2 is 1.94 bits per heavy atom. The zero-order valence-corrected chi connectivity index (χ0v) is 11.1. The van der Waals surface area contributed by atoms with E-state index in [1.165, 1.54) is 6.42 Å². The first-order valence-corrected chi connectivity index (χ1v) is 6.50. The van der Waals surface area contributed by atoms with Crippen LogP contribution in [0.4, 0.5) is 16.2 Å². The summed E-state index contributed by atoms with van der Waals surface area (Å²) >= 11 is 0. The molecule has 0 radical (unpaired) electrons. The number of carbonyl (C=O) groups excluding carboxylic acids is 1. The van der Waals surface area contributed by atoms with E-state index in [0.717, 1.165) is 37.3 Å². The second-order valence-corrected chi connectivity index (χ2v) is 4.92. The van der Waals surface area contributed by atoms with Crippen LogP contribution in [0, 0.1) is 0 Å². The van der Waals surface area contributed by atoms with Gasteiger partial charge in [-0.25, -0.2) is 4.79 Å². The first-order valence-electron chi connectivity index (χ1n) is 6.50. The topological polar surface area (TPSA) is 35.6 Å². The van der Waals surface area contributed by atoms with Crippen molar-refractivity contribution in [3.05, 3.63) is 24.3 Å². The van der Waals surface area contributed by atoms with Gasteiger partial charge < -0.3 is 15.1 Å². The van der Waals surface area contributed by atoms with Crippen molar-refractivity contribution in [2.45, 2.75) is 19.3 Å². The molecule has 4 heteroatoms. The molecule has 0 aliphatic carbocycles. The summed E-state index contributed by atoms with van der Waals surface area (Å²) in [5.41, 5.74) is 1.95. The van der Waals surface area contributed by atoms with Crippen LogP contribution in [0.15, 0.2) is 24.3 Å². The van der Waals surface area contributed by atoms with Gasteiger partial charge >= 0.3 is 6.03 Å². The highest BCUT2D eigenvalue weighted by Gasteiger charge is 2.16. The van der Waals surface area contributed by atoms with Crippen molar-refractivity contribution < 1.29 is 4.79 Å². The van der Waals surface area contributed by atoms with E-state index in [1.54, 1.807) is 0 Å². The molecule has 2 rings (SSSR count). The van der Waals surface area contributed by atoms with Crippen molar-refractivity contribution in [1.82, 2.24) is 4.90 Å². The third-order valence-electron chi connectivity index (χ3n) is 3.26. The predicted octanol–water partition coefficient (Wildman–Crippen LogP) is 2.77. The maximum atomic E-state index is 12.0. The number of urea groups is 1. The zero-order valence-electron chi connectivity index (χ0n) is 11.1. The Balaban J connectivity index is 1.99. The lowest BCUT2D eigenvalue weighted by atomic mass is 10.1. The summed E-state index contributed by atoms with van der Waals surface area (Å²) < 4.78 is 0. The minimum atomic E-state index is 0.0191. The Hall–Kier alpha value is -1.71. The standard InChI is InChI=1S/C14H21N3O/c1-16(2)13-8-6-7-12(11-13)15-14(18)17-9-4-3-5-10-17/h6-8,11H,3-5,9-10H2,1-2H3,(H,15,18). The Morgan fingerprint density at radius 3 is 2.61 bits per heavy atom. The zero-order chi connectivity index (χ0) is 13.0. The minimum absolute atomic E-state index is 0.0191. The van der Waals surface area contributed by atoms with Crippen LogP contribution in [-0.4, -0.2) is 38.1 Å². The Kier molecular flexibility index (Phi) is 4.07. The summed E-state index contributed by atoms with van der Waals surface area (Å²) in [7, 11) is 3.98. The molecule has 1 aromatic carbocycles. The molecule has 4 nitrogen and oxygen atoms in total. The summed E-state index contributed by atoms with van der Waals surface area (Å²) in [6, 6.07) is 7.92. The quantitative estimate of drug-likeness (QED) is 0.872. The highest BCUT2D eigenvalue weighted by atomic mass is 16.2. The molecule has 0 unspecified atom stereocenters. The Labute approximate surface area is 109 Å². The van der Waals surface area contributed by atoms with Crippen molar-refractivity contribution >= 4 is 17.4 Å². The molecule has 0 aromatic heterocycles. The second-order valence-electron chi connectivity index (χ2n) is 4.92. The molecule has 0 spiro atoms. The van der Waals surface area contributed by atoms with Crippen molar-refractivity contribution in [1.29, 1.82) is 0 Å². The molecule has 1 aromatic rings. The number of carbonyl (C=O) groups is 1. The van der Waals surface area contributed by atoms with Crippen LogP contribution < -0.4 is 10.2 Å². The summed E-state index contributed by atoms with van der Waals surface area (Å²) in [5, 5.41) is 2.97. The van der Waals surface area contributed by atoms with Crippen LogP contribution >= 0.6 is 0 Å². The third kappa shape index (κ3) is 3.15. The summed E-state index contributed by atoms with van der Waals surface area (Å²) in [6.45, 7) is 1.75. The number of nitrogens with one attached hydrogen (secondary N) is 1. The maximum Gasteiger partial charge on any atom is 0.321 e. The van der Waals surface area contributed by atoms with Gasteiger partial charge in [0, 0.05) is 38.6 Å². The lowest BCUT2D eigenvalue weighted by Gasteiger charge is -2.27. The monoisotopic (exact) mass is 247 g/mol. The number of amides is 2. The molecule has 0 atom stereocenters. The highest BCUT2D eigenvalue weighted by molar-refractivity contribution is 5.89. The normalized spacial score (nSPS) is 15.3. The van der Waals surface area contributed by atoms with Gasteiger partial charge in [0.05, 0.1) is 0 Å². The van der Waals surface area contributed by atoms with Crippen LogP contribution in [0.5, 0.6) is 0 Å². The van der Waals surface area contributed by atoms with Crippen molar-refractivity contribution in [3.63, 3.8) is 0 Å². The molecule has 1 saturated heterocycles. The van der Waals surface area contributed by atoms with Gasteiger partial charge in [-0.2, -0.15) is 0 Å². The minimum Gasteiger partial charge on any atom is -0.378 e. The Bertz CT molecular complexity index is 411. The predicted molar refractivity (Wildman–Crippen MR) is 75.2 cm³/mol. The highest BCUT2D eigenvalue weighted by Crippen LogP contribution is 2.18. The molecular formula is C14H21N3O. The molecule has 1 N–H and O–H groups in total. The fourth-order valence-electron chi connectivity index (χ4n) is 2.16. The van der Waals surface area contributed by atoms with E-state index in [-0.39, 0.29) is 6.03 Å². The molecule has 18 heavy (non-hydrogen) atoms. The van der Waals surface area contributed by atoms with Gasteiger partial charge in [-0.15, -0.1) is 0 Å². The number of benzene rings is 1. The fraction of sp³-hybridized carbons (Fsp3) is 0.500. The summed E-state index contributed by atoms with van der Waals surface area (Å²) in [5.74, 6) is 0. The number of hydrogen-bond acceptors (Lipinski definition) is 2. The van der Waals surface area contributed by atoms with Gasteiger partial charge in [0.1, 0.15) is 0 Å². The van der Waals surface area contributed by atoms with Crippen LogP contribution in [0.2, 0.25) is 0 Å². The van der Waals surface area contributed by atoms with E-state index in [4.69, 9.17) is 0 Å². The molecule has 98 valence electrons. The number of nitrogens with zero attached hydrogens (tertiary/aromatic N) is 2. The van der Waals surface area contributed by atoms with Gasteiger partial charge in [0.25, 0.3) is 0 Å². The van der Waals surface area contributed by atoms with Gasteiger partial charge in [0.15, 0.2) is 0 Å². The molecule has 0 bridgehead atoms. The smallest absolute Gasteiger partial charge is 0.321 e. The largest absolute Gasteiger partial charge is 0.378 e. The van der Waals surface area contributed by atoms with Gasteiger partial charge in [-0.1, -0.05) is 6.07 Å². The van der Waals surface area contributed by atoms with E-state index in [1.807, 2.05) is 48.2 Å². The number of rotatable bonds is 2. The number of likely N-dealkylation sites (tertiary alicyclic amines) is 1. The van der Waals surface area contributed by atoms with E-state index in [0.29, 0.717) is 0 Å². The second kappa shape index (κ2) is 5.76. The van der Waals surface area contributed by atoms with Gasteiger partial charge in [-0.05, 0) is 37.5 Å². The summed E-state index contributed by atoms with van der Waals surface area (Å²) in [6.07, 6.45) is 3.47. The number of anilines is 2. The first-order chi connectivity index (χ1) is 8.66. The molecule has 1 aliphatic rings. The maximum absolute atomic E-state index is 12.0. The van der Waals surface area contributed by atoms with E-state index in [2.05, 4.69) is 5.32 Å². The molecule has 1 fully saturated rings. The molecule has 2 amide bonds. The van der Waals surface area contributed by atoms with Gasteiger partial charge in [-0.3, -0.25) is 0 Å². The summed E-state index contributed by atoms with van der Waals surface area (Å²) in [4.78, 5) is 16.0. The fourth-order valence-corrected chi connectivity index (χ4v) is 2.16. The van der Waals surface area contributed by atoms with E-state index >= 15 is 0 Å². The first kappa shape index (κ1) is 12.7. The van der Waals surface area contributed by atoms with E-state index < -0.39 is 0 Å². The molecule has 1 aliphatic heterocycles. The average molecular weight is 247 g/mol. The van der Waals surface area contributed by atoms with Crippen LogP contribution in [0.25, 0.3) is 0 Å². The number of piperidine rings is 1. The van der Waals surface area contributed by atoms with Crippen molar-refractivity contribution in [3.8, 4) is 0 Å². The van der Waals surface area contributed by atoms with Crippen LogP contribution in [-0.2, 0) is 0 Å². The van der Waals surface area contributed by atoms with E-state index in [9.17, 15) is 4.79 Å². The average Bonchev–Trinajstić information content (AvgIpc) is 2.40. The lowest BCUT2D eigenvalue weighted by Crippen LogP contribution is -2.38. The lowest BCUT2D eigenvalue weighted by molar-refractivity contribution is 0.200. The Morgan fingerprint density at radius 1 is 1.22 bits per heavy atom. The molecule has 0 saturated carbocycles. The van der Waals surface area contributed by atoms with Crippen LogP contribution in [0.3, 0.4) is 0 Å². The molecular weight excluding hydrogens is 226 g/mol. The molecule has 1 heterocycles. The SMILES string of the molecule is CN(C)c1cccc(NC(=O)N2CCCCC2)c1. The van der Waals surface area contributed by atoms with Crippen LogP contribution in [0.1, 0.15) is 19.3 Å². The third-order valence-corrected chi connectivity index (χ3v) is 3.26. The van der Waals surface area contributed by atoms with Crippen molar-refractivity contribution in [2.75, 3.05) is 37.4 Å². The number of hydrogen-bond donors (Lipinski definition) is 1. The van der Waals surface area contributed by atoms with Gasteiger partial charge in [0.2, 0.25) is 0 Å². The van der Waals surface area contributed by atoms with Crippen molar-refractivity contribution in [2.24, 2.45) is 0 Å².